The number of benzene rings is 1. The molecule has 0 fully saturated rings. The molecule has 2 rings (SSSR count). The first-order valence-corrected chi connectivity index (χ1v) is 7.82. The summed E-state index contributed by atoms with van der Waals surface area (Å²) < 4.78 is 0. The van der Waals surface area contributed by atoms with Gasteiger partial charge in [-0.25, -0.2) is 0 Å². The van der Waals surface area contributed by atoms with Crippen LogP contribution < -0.4 is 5.32 Å². The Balaban J connectivity index is 1.89. The molecule has 1 unspecified atom stereocenters. The summed E-state index contributed by atoms with van der Waals surface area (Å²) >= 11 is 0. The highest BCUT2D eigenvalue weighted by Crippen LogP contribution is 2.17. The number of rotatable bonds is 6. The molecule has 22 heavy (non-hydrogen) atoms. The van der Waals surface area contributed by atoms with Crippen LogP contribution in [0.2, 0.25) is 0 Å². The molecule has 1 heterocycles. The molecule has 0 saturated heterocycles. The summed E-state index contributed by atoms with van der Waals surface area (Å²) in [6, 6.07) is 9.86. The quantitative estimate of drug-likeness (QED) is 0.767. The van der Waals surface area contributed by atoms with Gasteiger partial charge in [-0.05, 0) is 44.7 Å². The molecule has 0 aliphatic heterocycles. The predicted molar refractivity (Wildman–Crippen MR) is 92.8 cm³/mol. The second-order valence-corrected chi connectivity index (χ2v) is 6.13. The number of para-hydroxylation sites is 1. The first-order valence-electron chi connectivity index (χ1n) is 7.82. The van der Waals surface area contributed by atoms with Crippen LogP contribution in [0.25, 0.3) is 10.9 Å². The predicted octanol–water partition coefficient (Wildman–Crippen LogP) is 4.95. The first-order chi connectivity index (χ1) is 10.5. The van der Waals surface area contributed by atoms with E-state index in [9.17, 15) is 4.79 Å². The van der Waals surface area contributed by atoms with Crippen LogP contribution in [0.1, 0.15) is 40.0 Å². The van der Waals surface area contributed by atoms with Crippen molar-refractivity contribution in [3.05, 3.63) is 48.2 Å². The Morgan fingerprint density at radius 3 is 2.86 bits per heavy atom. The fourth-order valence-corrected chi connectivity index (χ4v) is 2.43. The van der Waals surface area contributed by atoms with Crippen LogP contribution in [0.5, 0.6) is 0 Å². The van der Waals surface area contributed by atoms with E-state index in [1.54, 1.807) is 6.20 Å². The highest BCUT2D eigenvalue weighted by Gasteiger charge is 2.09. The van der Waals surface area contributed by atoms with Gasteiger partial charge in [0.05, 0.1) is 17.4 Å². The monoisotopic (exact) mass is 296 g/mol. The molecule has 3 heteroatoms. The fourth-order valence-electron chi connectivity index (χ4n) is 2.43. The van der Waals surface area contributed by atoms with Gasteiger partial charge in [-0.1, -0.05) is 36.8 Å². The minimum atomic E-state index is 0.0572. The number of carbonyl (C=O) groups excluding carboxylic acids is 1. The molecule has 0 bridgehead atoms. The average molecular weight is 296 g/mol. The molecule has 116 valence electrons. The van der Waals surface area contributed by atoms with E-state index in [1.807, 2.05) is 30.3 Å². The van der Waals surface area contributed by atoms with E-state index in [0.29, 0.717) is 12.3 Å². The SMILES string of the molecule is CC(C)=CCCC(C)CC(=O)Nc1cnc2ccccc2c1. The molecule has 0 saturated carbocycles. The second kappa shape index (κ2) is 7.74. The second-order valence-electron chi connectivity index (χ2n) is 6.13. The van der Waals surface area contributed by atoms with Gasteiger partial charge in [0.1, 0.15) is 0 Å². The van der Waals surface area contributed by atoms with Gasteiger partial charge in [-0.3, -0.25) is 9.78 Å². The molecule has 1 aromatic heterocycles. The van der Waals surface area contributed by atoms with Gasteiger partial charge < -0.3 is 5.32 Å². The summed E-state index contributed by atoms with van der Waals surface area (Å²) in [7, 11) is 0. The Bertz CT molecular complexity index is 672. The zero-order chi connectivity index (χ0) is 15.9. The Labute approximate surface area is 132 Å². The third kappa shape index (κ3) is 4.99. The minimum absolute atomic E-state index is 0.0572. The Kier molecular flexibility index (Phi) is 5.70. The summed E-state index contributed by atoms with van der Waals surface area (Å²) in [6.45, 7) is 6.32. The summed E-state index contributed by atoms with van der Waals surface area (Å²) in [4.78, 5) is 16.5. The minimum Gasteiger partial charge on any atom is -0.325 e. The van der Waals surface area contributed by atoms with Crippen molar-refractivity contribution in [3.63, 3.8) is 0 Å². The Hall–Kier alpha value is -2.16. The molecule has 1 amide bonds. The van der Waals surface area contributed by atoms with Crippen molar-refractivity contribution in [2.75, 3.05) is 5.32 Å². The Morgan fingerprint density at radius 2 is 2.09 bits per heavy atom. The number of carbonyl (C=O) groups is 1. The van der Waals surface area contributed by atoms with Gasteiger partial charge >= 0.3 is 0 Å². The zero-order valence-electron chi connectivity index (χ0n) is 13.6. The molecule has 0 aliphatic rings. The van der Waals surface area contributed by atoms with Crippen LogP contribution >= 0.6 is 0 Å². The lowest BCUT2D eigenvalue weighted by Gasteiger charge is -2.11. The van der Waals surface area contributed by atoms with Crippen LogP contribution in [0.15, 0.2) is 48.2 Å². The molecule has 0 spiro atoms. The molecular formula is C19H24N2O. The van der Waals surface area contributed by atoms with E-state index < -0.39 is 0 Å². The maximum Gasteiger partial charge on any atom is 0.224 e. The molecule has 0 radical (unpaired) electrons. The van der Waals surface area contributed by atoms with Crippen LogP contribution in [-0.2, 0) is 4.79 Å². The van der Waals surface area contributed by atoms with Gasteiger partial charge in [-0.2, -0.15) is 0 Å². The third-order valence-electron chi connectivity index (χ3n) is 3.62. The van der Waals surface area contributed by atoms with Crippen molar-refractivity contribution in [1.29, 1.82) is 0 Å². The largest absolute Gasteiger partial charge is 0.325 e. The number of hydrogen-bond acceptors (Lipinski definition) is 2. The lowest BCUT2D eigenvalue weighted by molar-refractivity contribution is -0.117. The molecule has 1 N–H and O–H groups in total. The zero-order valence-corrected chi connectivity index (χ0v) is 13.6. The van der Waals surface area contributed by atoms with E-state index in [2.05, 4.69) is 37.1 Å². The lowest BCUT2D eigenvalue weighted by atomic mass is 10.0. The standard InChI is InChI=1S/C19H24N2O/c1-14(2)7-6-8-15(3)11-19(22)21-17-12-16-9-4-5-10-18(16)20-13-17/h4-5,7,9-10,12-13,15H,6,8,11H2,1-3H3,(H,21,22). The summed E-state index contributed by atoms with van der Waals surface area (Å²) in [5.41, 5.74) is 3.04. The number of pyridine rings is 1. The molecule has 1 atom stereocenters. The van der Waals surface area contributed by atoms with E-state index in [4.69, 9.17) is 0 Å². The van der Waals surface area contributed by atoms with Gasteiger partial charge in [0, 0.05) is 11.8 Å². The summed E-state index contributed by atoms with van der Waals surface area (Å²) in [6.07, 6.45) is 6.56. The summed E-state index contributed by atoms with van der Waals surface area (Å²) in [5.74, 6) is 0.436. The number of allylic oxidation sites excluding steroid dienone is 2. The van der Waals surface area contributed by atoms with Crippen molar-refractivity contribution in [3.8, 4) is 0 Å². The van der Waals surface area contributed by atoms with E-state index in [1.165, 1.54) is 5.57 Å². The maximum absolute atomic E-state index is 12.1. The number of hydrogen-bond donors (Lipinski definition) is 1. The highest BCUT2D eigenvalue weighted by atomic mass is 16.1. The number of nitrogens with zero attached hydrogens (tertiary/aromatic N) is 1. The maximum atomic E-state index is 12.1. The van der Waals surface area contributed by atoms with Crippen molar-refractivity contribution in [1.82, 2.24) is 4.98 Å². The fraction of sp³-hybridized carbons (Fsp3) is 0.368. The smallest absolute Gasteiger partial charge is 0.224 e. The topological polar surface area (TPSA) is 42.0 Å². The molecule has 0 aliphatic carbocycles. The average Bonchev–Trinajstić information content (AvgIpc) is 2.46. The van der Waals surface area contributed by atoms with Crippen molar-refractivity contribution >= 4 is 22.5 Å². The van der Waals surface area contributed by atoms with E-state index >= 15 is 0 Å². The van der Waals surface area contributed by atoms with Gasteiger partial charge in [0.2, 0.25) is 5.91 Å². The number of aromatic nitrogens is 1. The molecule has 3 nitrogen and oxygen atoms in total. The number of fused-ring (bicyclic) bond motifs is 1. The molecular weight excluding hydrogens is 272 g/mol. The number of amides is 1. The van der Waals surface area contributed by atoms with E-state index in [-0.39, 0.29) is 5.91 Å². The van der Waals surface area contributed by atoms with Gasteiger partial charge in [0.25, 0.3) is 0 Å². The number of nitrogens with one attached hydrogen (secondary N) is 1. The van der Waals surface area contributed by atoms with Crippen molar-refractivity contribution < 1.29 is 4.79 Å². The van der Waals surface area contributed by atoms with Gasteiger partial charge in [0.15, 0.2) is 0 Å². The Morgan fingerprint density at radius 1 is 1.32 bits per heavy atom. The van der Waals surface area contributed by atoms with E-state index in [0.717, 1.165) is 29.4 Å². The van der Waals surface area contributed by atoms with Crippen molar-refractivity contribution in [2.24, 2.45) is 5.92 Å². The normalized spacial score (nSPS) is 12.0. The highest BCUT2D eigenvalue weighted by molar-refractivity contribution is 5.93. The third-order valence-corrected chi connectivity index (χ3v) is 3.62. The molecule has 1 aromatic carbocycles. The molecule has 2 aromatic rings. The van der Waals surface area contributed by atoms with Crippen LogP contribution in [0.4, 0.5) is 5.69 Å². The van der Waals surface area contributed by atoms with Gasteiger partial charge in [-0.15, -0.1) is 0 Å². The van der Waals surface area contributed by atoms with Crippen LogP contribution in [0, 0.1) is 5.92 Å². The van der Waals surface area contributed by atoms with Crippen LogP contribution in [-0.4, -0.2) is 10.9 Å². The van der Waals surface area contributed by atoms with Crippen molar-refractivity contribution in [2.45, 2.75) is 40.0 Å². The lowest BCUT2D eigenvalue weighted by Crippen LogP contribution is -2.15. The number of anilines is 1. The van der Waals surface area contributed by atoms with Crippen LogP contribution in [0.3, 0.4) is 0 Å². The first kappa shape index (κ1) is 16.2. The summed E-state index contributed by atoms with van der Waals surface area (Å²) in [5, 5.41) is 3.99.